The predicted octanol–water partition coefficient (Wildman–Crippen LogP) is 1.40. The van der Waals surface area contributed by atoms with E-state index >= 15 is 0 Å². The van der Waals surface area contributed by atoms with Crippen LogP contribution in [0, 0.1) is 17.3 Å². The standard InChI is InChI=1S/C12H19NO3/c1-3-12(2)6-8(12)10(14)13-9(11(15)16)7-4-5-7/h7-9H,3-6H2,1-2H3,(H,13,14)(H,15,16). The van der Waals surface area contributed by atoms with Crippen LogP contribution in [0.5, 0.6) is 0 Å². The van der Waals surface area contributed by atoms with Gasteiger partial charge in [-0.3, -0.25) is 4.79 Å². The number of hydrogen-bond acceptors (Lipinski definition) is 2. The number of nitrogens with one attached hydrogen (secondary N) is 1. The van der Waals surface area contributed by atoms with Crippen LogP contribution in [0.2, 0.25) is 0 Å². The number of hydrogen-bond donors (Lipinski definition) is 2. The zero-order valence-corrected chi connectivity index (χ0v) is 9.82. The van der Waals surface area contributed by atoms with E-state index in [1.807, 2.05) is 0 Å². The van der Waals surface area contributed by atoms with E-state index in [4.69, 9.17) is 5.11 Å². The molecule has 0 bridgehead atoms. The van der Waals surface area contributed by atoms with Gasteiger partial charge < -0.3 is 10.4 Å². The summed E-state index contributed by atoms with van der Waals surface area (Å²) in [6.07, 6.45) is 3.72. The highest BCUT2D eigenvalue weighted by Gasteiger charge is 2.53. The van der Waals surface area contributed by atoms with E-state index in [2.05, 4.69) is 19.2 Å². The third kappa shape index (κ3) is 2.06. The second-order valence-electron chi connectivity index (χ2n) is 5.43. The van der Waals surface area contributed by atoms with E-state index in [0.717, 1.165) is 25.7 Å². The lowest BCUT2D eigenvalue weighted by atomic mass is 10.0. The average molecular weight is 225 g/mol. The molecule has 0 aromatic rings. The van der Waals surface area contributed by atoms with Crippen molar-refractivity contribution in [1.82, 2.24) is 5.32 Å². The molecule has 90 valence electrons. The third-order valence-corrected chi connectivity index (χ3v) is 4.13. The maximum absolute atomic E-state index is 11.9. The minimum absolute atomic E-state index is 0.0260. The number of carboxylic acid groups (broad SMARTS) is 1. The van der Waals surface area contributed by atoms with Crippen molar-refractivity contribution in [3.05, 3.63) is 0 Å². The fourth-order valence-corrected chi connectivity index (χ4v) is 2.27. The zero-order valence-electron chi connectivity index (χ0n) is 9.82. The molecule has 2 rings (SSSR count). The van der Waals surface area contributed by atoms with Gasteiger partial charge in [-0.15, -0.1) is 0 Å². The first-order valence-electron chi connectivity index (χ1n) is 6.01. The van der Waals surface area contributed by atoms with Gasteiger partial charge in [-0.05, 0) is 37.0 Å². The molecule has 2 saturated carbocycles. The average Bonchev–Trinajstić information content (AvgIpc) is 3.09. The molecule has 2 fully saturated rings. The first-order chi connectivity index (χ1) is 7.48. The summed E-state index contributed by atoms with van der Waals surface area (Å²) in [5, 5.41) is 11.7. The van der Waals surface area contributed by atoms with E-state index in [1.165, 1.54) is 0 Å². The molecule has 1 amide bonds. The van der Waals surface area contributed by atoms with E-state index in [9.17, 15) is 9.59 Å². The highest BCUT2D eigenvalue weighted by molar-refractivity contribution is 5.87. The molecule has 0 aliphatic heterocycles. The van der Waals surface area contributed by atoms with Crippen molar-refractivity contribution in [3.63, 3.8) is 0 Å². The van der Waals surface area contributed by atoms with Crippen LogP contribution in [0.25, 0.3) is 0 Å². The zero-order chi connectivity index (χ0) is 11.9. The summed E-state index contributed by atoms with van der Waals surface area (Å²) < 4.78 is 0. The first kappa shape index (κ1) is 11.4. The van der Waals surface area contributed by atoms with Crippen molar-refractivity contribution in [2.45, 2.75) is 45.6 Å². The molecule has 0 heterocycles. The molecule has 3 unspecified atom stereocenters. The SMILES string of the molecule is CCC1(C)CC1C(=O)NC(C(=O)O)C1CC1. The van der Waals surface area contributed by atoms with Crippen molar-refractivity contribution >= 4 is 11.9 Å². The molecule has 2 aliphatic rings. The first-order valence-corrected chi connectivity index (χ1v) is 6.01. The second kappa shape index (κ2) is 3.75. The monoisotopic (exact) mass is 225 g/mol. The van der Waals surface area contributed by atoms with E-state index < -0.39 is 12.0 Å². The highest BCUT2D eigenvalue weighted by atomic mass is 16.4. The van der Waals surface area contributed by atoms with Crippen molar-refractivity contribution in [2.24, 2.45) is 17.3 Å². The smallest absolute Gasteiger partial charge is 0.326 e. The number of aliphatic carboxylic acids is 1. The Balaban J connectivity index is 1.89. The summed E-state index contributed by atoms with van der Waals surface area (Å²) in [7, 11) is 0. The van der Waals surface area contributed by atoms with Crippen molar-refractivity contribution in [1.29, 1.82) is 0 Å². The van der Waals surface area contributed by atoms with E-state index in [1.54, 1.807) is 0 Å². The summed E-state index contributed by atoms with van der Waals surface area (Å²) in [4.78, 5) is 22.8. The lowest BCUT2D eigenvalue weighted by Gasteiger charge is -2.14. The van der Waals surface area contributed by atoms with Gasteiger partial charge in [-0.2, -0.15) is 0 Å². The highest BCUT2D eigenvalue weighted by Crippen LogP contribution is 2.54. The number of carboxylic acids is 1. The molecule has 2 aliphatic carbocycles. The molecule has 0 saturated heterocycles. The molecule has 4 nitrogen and oxygen atoms in total. The molecule has 16 heavy (non-hydrogen) atoms. The summed E-state index contributed by atoms with van der Waals surface area (Å²) in [5.41, 5.74) is 0.108. The minimum Gasteiger partial charge on any atom is -0.480 e. The third-order valence-electron chi connectivity index (χ3n) is 4.13. The largest absolute Gasteiger partial charge is 0.480 e. The van der Waals surface area contributed by atoms with Gasteiger partial charge in [0.15, 0.2) is 0 Å². The number of carbonyl (C=O) groups is 2. The van der Waals surface area contributed by atoms with E-state index in [-0.39, 0.29) is 23.2 Å². The Morgan fingerprint density at radius 3 is 2.50 bits per heavy atom. The topological polar surface area (TPSA) is 66.4 Å². The molecule has 3 atom stereocenters. The predicted molar refractivity (Wildman–Crippen MR) is 58.8 cm³/mol. The van der Waals surface area contributed by atoms with Crippen LogP contribution in [0.3, 0.4) is 0 Å². The molecular weight excluding hydrogens is 206 g/mol. The fraction of sp³-hybridized carbons (Fsp3) is 0.833. The van der Waals surface area contributed by atoms with Gasteiger partial charge in [0.25, 0.3) is 0 Å². The summed E-state index contributed by atoms with van der Waals surface area (Å²) >= 11 is 0. The van der Waals surface area contributed by atoms with Gasteiger partial charge in [0, 0.05) is 5.92 Å². The summed E-state index contributed by atoms with van der Waals surface area (Å²) in [6, 6.07) is -0.658. The Bertz CT molecular complexity index is 324. The molecule has 0 radical (unpaired) electrons. The van der Waals surface area contributed by atoms with Gasteiger partial charge in [0.2, 0.25) is 5.91 Å². The summed E-state index contributed by atoms with van der Waals surface area (Å²) in [5.74, 6) is -0.774. The number of carbonyl (C=O) groups excluding carboxylic acids is 1. The van der Waals surface area contributed by atoms with Crippen LogP contribution in [-0.2, 0) is 9.59 Å². The normalized spacial score (nSPS) is 34.2. The van der Waals surface area contributed by atoms with Crippen molar-refractivity contribution in [3.8, 4) is 0 Å². The fourth-order valence-electron chi connectivity index (χ4n) is 2.27. The number of rotatable bonds is 5. The van der Waals surface area contributed by atoms with E-state index in [0.29, 0.717) is 0 Å². The molecule has 0 aromatic carbocycles. The second-order valence-corrected chi connectivity index (χ2v) is 5.43. The van der Waals surface area contributed by atoms with Crippen LogP contribution in [-0.4, -0.2) is 23.0 Å². The van der Waals surface area contributed by atoms with Gasteiger partial charge in [0.05, 0.1) is 0 Å². The molecular formula is C12H19NO3. The van der Waals surface area contributed by atoms with Gasteiger partial charge >= 0.3 is 5.97 Å². The molecule has 2 N–H and O–H groups in total. The summed E-state index contributed by atoms with van der Waals surface area (Å²) in [6.45, 7) is 4.16. The number of amides is 1. The lowest BCUT2D eigenvalue weighted by molar-refractivity contribution is -0.142. The van der Waals surface area contributed by atoms with Crippen LogP contribution in [0.4, 0.5) is 0 Å². The Kier molecular flexibility index (Phi) is 2.68. The molecule has 4 heteroatoms. The van der Waals surface area contributed by atoms with Crippen LogP contribution < -0.4 is 5.32 Å². The lowest BCUT2D eigenvalue weighted by Crippen LogP contribution is -2.43. The Morgan fingerprint density at radius 1 is 1.50 bits per heavy atom. The maximum atomic E-state index is 11.9. The minimum atomic E-state index is -0.894. The van der Waals surface area contributed by atoms with Crippen LogP contribution in [0.15, 0.2) is 0 Å². The Labute approximate surface area is 95.4 Å². The Hall–Kier alpha value is -1.06. The van der Waals surface area contributed by atoms with Gasteiger partial charge in [0.1, 0.15) is 6.04 Å². The quantitative estimate of drug-likeness (QED) is 0.743. The maximum Gasteiger partial charge on any atom is 0.326 e. The van der Waals surface area contributed by atoms with Gasteiger partial charge in [-0.25, -0.2) is 4.79 Å². The van der Waals surface area contributed by atoms with Crippen molar-refractivity contribution < 1.29 is 14.7 Å². The van der Waals surface area contributed by atoms with Crippen LogP contribution in [0.1, 0.15) is 39.5 Å². The van der Waals surface area contributed by atoms with Crippen molar-refractivity contribution in [2.75, 3.05) is 0 Å². The van der Waals surface area contributed by atoms with Crippen LogP contribution >= 0.6 is 0 Å². The molecule has 0 aromatic heterocycles. The van der Waals surface area contributed by atoms with Gasteiger partial charge in [-0.1, -0.05) is 13.8 Å². The molecule has 0 spiro atoms. The Morgan fingerprint density at radius 2 is 2.12 bits per heavy atom.